The summed E-state index contributed by atoms with van der Waals surface area (Å²) in [5.74, 6) is 0.378. The van der Waals surface area contributed by atoms with E-state index in [9.17, 15) is 8.42 Å². The van der Waals surface area contributed by atoms with Gasteiger partial charge < -0.3 is 10.9 Å². The Morgan fingerprint density at radius 2 is 2.24 bits per heavy atom. The third-order valence-electron chi connectivity index (χ3n) is 1.70. The zero-order chi connectivity index (χ0) is 12.9. The Morgan fingerprint density at radius 1 is 1.53 bits per heavy atom. The van der Waals surface area contributed by atoms with Gasteiger partial charge in [0.2, 0.25) is 0 Å². The van der Waals surface area contributed by atoms with Crippen molar-refractivity contribution in [2.24, 2.45) is 10.9 Å². The highest BCUT2D eigenvalue weighted by Gasteiger charge is 2.05. The molecule has 0 unspecified atom stereocenters. The normalized spacial score (nSPS) is 12.6. The van der Waals surface area contributed by atoms with E-state index >= 15 is 0 Å². The maximum Gasteiger partial charge on any atom is 0.190 e. The molecule has 1 heterocycles. The molecule has 0 atom stereocenters. The van der Waals surface area contributed by atoms with Gasteiger partial charge in [0.05, 0.1) is 18.1 Å². The largest absolute Gasteiger partial charge is 0.409 e. The maximum absolute atomic E-state index is 10.9. The molecule has 0 bridgehead atoms. The van der Waals surface area contributed by atoms with E-state index in [-0.39, 0.29) is 17.3 Å². The van der Waals surface area contributed by atoms with Gasteiger partial charge in [-0.25, -0.2) is 18.4 Å². The SMILES string of the molecule is CS(=O)(=O)CCSc1cnc(C(N)=NO)cn1. The molecule has 0 aliphatic heterocycles. The molecule has 0 amide bonds. The Labute approximate surface area is 103 Å². The van der Waals surface area contributed by atoms with Crippen molar-refractivity contribution in [3.8, 4) is 0 Å². The summed E-state index contributed by atoms with van der Waals surface area (Å²) in [4.78, 5) is 7.92. The summed E-state index contributed by atoms with van der Waals surface area (Å²) in [6.45, 7) is 0. The monoisotopic (exact) mass is 276 g/mol. The predicted molar refractivity (Wildman–Crippen MR) is 65.0 cm³/mol. The minimum Gasteiger partial charge on any atom is -0.409 e. The Bertz CT molecular complexity index is 498. The average Bonchev–Trinajstić information content (AvgIpc) is 2.27. The standard InChI is InChI=1S/C8H12N4O3S2/c1-17(14,15)3-2-16-7-5-10-6(4-11-7)8(9)12-13/h4-5,13H,2-3H2,1H3,(H2,9,12). The molecule has 0 saturated carbocycles. The van der Waals surface area contributed by atoms with Crippen LogP contribution in [0.4, 0.5) is 0 Å². The van der Waals surface area contributed by atoms with Gasteiger partial charge >= 0.3 is 0 Å². The van der Waals surface area contributed by atoms with E-state index in [2.05, 4.69) is 15.1 Å². The fourth-order valence-corrected chi connectivity index (χ4v) is 2.88. The van der Waals surface area contributed by atoms with Gasteiger partial charge in [-0.05, 0) is 0 Å². The van der Waals surface area contributed by atoms with Crippen molar-refractivity contribution in [3.05, 3.63) is 18.1 Å². The van der Waals surface area contributed by atoms with Crippen molar-refractivity contribution in [2.75, 3.05) is 17.8 Å². The molecule has 0 saturated heterocycles. The first-order valence-electron chi connectivity index (χ1n) is 4.53. The van der Waals surface area contributed by atoms with Crippen LogP contribution in [0.2, 0.25) is 0 Å². The Morgan fingerprint density at radius 3 is 2.71 bits per heavy atom. The van der Waals surface area contributed by atoms with E-state index in [0.29, 0.717) is 10.8 Å². The van der Waals surface area contributed by atoms with Crippen molar-refractivity contribution in [3.63, 3.8) is 0 Å². The number of hydrogen-bond acceptors (Lipinski definition) is 7. The summed E-state index contributed by atoms with van der Waals surface area (Å²) >= 11 is 1.28. The van der Waals surface area contributed by atoms with Gasteiger partial charge in [-0.1, -0.05) is 5.16 Å². The quantitative estimate of drug-likeness (QED) is 0.249. The van der Waals surface area contributed by atoms with Crippen molar-refractivity contribution < 1.29 is 13.6 Å². The molecule has 9 heteroatoms. The molecule has 0 aromatic carbocycles. The third kappa shape index (κ3) is 5.00. The third-order valence-corrected chi connectivity index (χ3v) is 3.82. The molecule has 3 N–H and O–H groups in total. The van der Waals surface area contributed by atoms with Gasteiger partial charge in [-0.15, -0.1) is 11.8 Å². The second kappa shape index (κ2) is 5.82. The van der Waals surface area contributed by atoms with E-state index < -0.39 is 9.84 Å². The van der Waals surface area contributed by atoms with Gasteiger partial charge in [0.25, 0.3) is 0 Å². The topological polar surface area (TPSA) is 119 Å². The number of oxime groups is 1. The van der Waals surface area contributed by atoms with Gasteiger partial charge in [0.15, 0.2) is 5.84 Å². The lowest BCUT2D eigenvalue weighted by Crippen LogP contribution is -2.15. The number of sulfone groups is 1. The average molecular weight is 276 g/mol. The lowest BCUT2D eigenvalue weighted by Gasteiger charge is -2.01. The highest BCUT2D eigenvalue weighted by molar-refractivity contribution is 8.00. The Balaban J connectivity index is 2.57. The van der Waals surface area contributed by atoms with Crippen LogP contribution in [0.1, 0.15) is 5.69 Å². The van der Waals surface area contributed by atoms with Crippen molar-refractivity contribution >= 4 is 27.4 Å². The minimum atomic E-state index is -2.96. The molecular formula is C8H12N4O3S2. The number of amidine groups is 1. The van der Waals surface area contributed by atoms with Crippen LogP contribution < -0.4 is 5.73 Å². The minimum absolute atomic E-state index is 0.0847. The molecule has 1 aromatic heterocycles. The lowest BCUT2D eigenvalue weighted by atomic mass is 10.4. The zero-order valence-corrected chi connectivity index (χ0v) is 10.7. The molecule has 0 fully saturated rings. The van der Waals surface area contributed by atoms with E-state index in [4.69, 9.17) is 10.9 Å². The lowest BCUT2D eigenvalue weighted by molar-refractivity contribution is 0.318. The molecule has 0 aliphatic carbocycles. The fraction of sp³-hybridized carbons (Fsp3) is 0.375. The summed E-state index contributed by atoms with van der Waals surface area (Å²) in [6, 6.07) is 0. The summed E-state index contributed by atoms with van der Waals surface area (Å²) in [5, 5.41) is 11.8. The van der Waals surface area contributed by atoms with E-state index in [1.54, 1.807) is 0 Å². The van der Waals surface area contributed by atoms with E-state index in [1.165, 1.54) is 30.4 Å². The Kier molecular flexibility index (Phi) is 4.70. The van der Waals surface area contributed by atoms with Crippen LogP contribution in [0.25, 0.3) is 0 Å². The van der Waals surface area contributed by atoms with Gasteiger partial charge in [-0.2, -0.15) is 0 Å². The smallest absolute Gasteiger partial charge is 0.190 e. The molecule has 0 aliphatic rings. The highest BCUT2D eigenvalue weighted by Crippen LogP contribution is 2.13. The second-order valence-electron chi connectivity index (χ2n) is 3.20. The first-order chi connectivity index (χ1) is 7.92. The molecule has 1 rings (SSSR count). The first-order valence-corrected chi connectivity index (χ1v) is 7.57. The molecule has 0 radical (unpaired) electrons. The van der Waals surface area contributed by atoms with Gasteiger partial charge in [-0.3, -0.25) is 0 Å². The number of nitrogens with zero attached hydrogens (tertiary/aromatic N) is 3. The van der Waals surface area contributed by atoms with Crippen LogP contribution >= 0.6 is 11.8 Å². The van der Waals surface area contributed by atoms with Crippen LogP contribution in [0.3, 0.4) is 0 Å². The number of thioether (sulfide) groups is 1. The van der Waals surface area contributed by atoms with Crippen LogP contribution in [0.5, 0.6) is 0 Å². The number of nitrogens with two attached hydrogens (primary N) is 1. The van der Waals surface area contributed by atoms with Crippen LogP contribution in [0.15, 0.2) is 22.6 Å². The molecule has 17 heavy (non-hydrogen) atoms. The number of hydrogen-bond donors (Lipinski definition) is 2. The number of rotatable bonds is 5. The fourth-order valence-electron chi connectivity index (χ4n) is 0.872. The molecule has 1 aromatic rings. The summed E-state index contributed by atoms with van der Waals surface area (Å²) < 4.78 is 21.8. The maximum atomic E-state index is 10.9. The molecule has 0 spiro atoms. The summed E-state index contributed by atoms with van der Waals surface area (Å²) in [7, 11) is -2.96. The van der Waals surface area contributed by atoms with Crippen molar-refractivity contribution in [2.45, 2.75) is 5.03 Å². The van der Waals surface area contributed by atoms with Crippen LogP contribution in [0, 0.1) is 0 Å². The molecular weight excluding hydrogens is 264 g/mol. The number of aromatic nitrogens is 2. The summed E-state index contributed by atoms with van der Waals surface area (Å²) in [5.41, 5.74) is 5.58. The Hall–Kier alpha value is -1.35. The molecule has 7 nitrogen and oxygen atoms in total. The predicted octanol–water partition coefficient (Wildman–Crippen LogP) is -0.292. The summed E-state index contributed by atoms with van der Waals surface area (Å²) in [6.07, 6.45) is 3.99. The first kappa shape index (κ1) is 13.7. The molecule has 94 valence electrons. The zero-order valence-electron chi connectivity index (χ0n) is 9.07. The van der Waals surface area contributed by atoms with Crippen molar-refractivity contribution in [1.82, 2.24) is 9.97 Å². The van der Waals surface area contributed by atoms with Gasteiger partial charge in [0, 0.05) is 12.0 Å². The van der Waals surface area contributed by atoms with Crippen molar-refractivity contribution in [1.29, 1.82) is 0 Å². The van der Waals surface area contributed by atoms with Crippen LogP contribution in [-0.2, 0) is 9.84 Å². The van der Waals surface area contributed by atoms with Crippen LogP contribution in [-0.4, -0.2) is 47.2 Å². The van der Waals surface area contributed by atoms with Gasteiger partial charge in [0.1, 0.15) is 20.6 Å². The van der Waals surface area contributed by atoms with E-state index in [1.807, 2.05) is 0 Å². The van der Waals surface area contributed by atoms with E-state index in [0.717, 1.165) is 0 Å². The highest BCUT2D eigenvalue weighted by atomic mass is 32.2. The second-order valence-corrected chi connectivity index (χ2v) is 6.58.